The Bertz CT molecular complexity index is 623. The number of aromatic nitrogens is 1. The maximum Gasteiger partial charge on any atom is 0.270 e. The molecule has 0 bridgehead atoms. The van der Waals surface area contributed by atoms with E-state index in [-0.39, 0.29) is 10.7 Å². The first kappa shape index (κ1) is 14.6. The fourth-order valence-corrected chi connectivity index (χ4v) is 3.93. The van der Waals surface area contributed by atoms with Crippen LogP contribution in [0.1, 0.15) is 28.3 Å². The predicted molar refractivity (Wildman–Crippen MR) is 86.6 cm³/mol. The van der Waals surface area contributed by atoms with E-state index in [4.69, 9.17) is 5.73 Å². The summed E-state index contributed by atoms with van der Waals surface area (Å²) < 4.78 is 0.156. The van der Waals surface area contributed by atoms with Gasteiger partial charge in [-0.1, -0.05) is 18.2 Å². The molecule has 1 saturated carbocycles. The van der Waals surface area contributed by atoms with E-state index in [1.54, 1.807) is 5.38 Å². The molecule has 3 N–H and O–H groups in total. The van der Waals surface area contributed by atoms with Crippen molar-refractivity contribution < 1.29 is 4.79 Å². The van der Waals surface area contributed by atoms with E-state index >= 15 is 0 Å². The Kier molecular flexibility index (Phi) is 4.28. The second-order valence-corrected chi connectivity index (χ2v) is 7.60. The highest BCUT2D eigenvalue weighted by molar-refractivity contribution is 8.01. The number of rotatable bonds is 6. The molecule has 1 aliphatic carbocycles. The Hall–Kier alpha value is -1.37. The van der Waals surface area contributed by atoms with Gasteiger partial charge in [-0.3, -0.25) is 4.79 Å². The van der Waals surface area contributed by atoms with E-state index in [1.165, 1.54) is 16.2 Å². The van der Waals surface area contributed by atoms with E-state index in [2.05, 4.69) is 22.4 Å². The number of thiazole rings is 1. The SMILES string of the molecule is NCc1nc(C(=O)NCC2(Sc3ccccc3)CC2)cs1. The van der Waals surface area contributed by atoms with Gasteiger partial charge in [0, 0.05) is 28.1 Å². The van der Waals surface area contributed by atoms with Crippen LogP contribution in [0.5, 0.6) is 0 Å². The maximum atomic E-state index is 12.1. The van der Waals surface area contributed by atoms with E-state index < -0.39 is 0 Å². The van der Waals surface area contributed by atoms with Crippen LogP contribution in [0.4, 0.5) is 0 Å². The fourth-order valence-electron chi connectivity index (χ4n) is 2.03. The lowest BCUT2D eigenvalue weighted by atomic mass is 10.3. The third kappa shape index (κ3) is 3.64. The molecule has 1 aromatic carbocycles. The summed E-state index contributed by atoms with van der Waals surface area (Å²) in [6, 6.07) is 10.3. The lowest BCUT2D eigenvalue weighted by Gasteiger charge is -2.15. The molecule has 6 heteroatoms. The number of hydrogen-bond acceptors (Lipinski definition) is 5. The van der Waals surface area contributed by atoms with Crippen molar-refractivity contribution in [2.75, 3.05) is 6.54 Å². The Morgan fingerprint density at radius 3 is 2.76 bits per heavy atom. The lowest BCUT2D eigenvalue weighted by molar-refractivity contribution is 0.0948. The molecule has 1 heterocycles. The van der Waals surface area contributed by atoms with Crippen LogP contribution in [0.3, 0.4) is 0 Å². The Morgan fingerprint density at radius 2 is 2.14 bits per heavy atom. The molecule has 1 fully saturated rings. The highest BCUT2D eigenvalue weighted by Crippen LogP contribution is 2.51. The zero-order chi connectivity index (χ0) is 14.7. The van der Waals surface area contributed by atoms with Crippen LogP contribution in [0.15, 0.2) is 40.6 Å². The summed E-state index contributed by atoms with van der Waals surface area (Å²) in [5, 5.41) is 5.56. The van der Waals surface area contributed by atoms with Gasteiger partial charge in [0.2, 0.25) is 0 Å². The van der Waals surface area contributed by atoms with Crippen LogP contribution in [0.25, 0.3) is 0 Å². The molecule has 1 aliphatic rings. The largest absolute Gasteiger partial charge is 0.349 e. The molecule has 0 atom stereocenters. The Balaban J connectivity index is 1.56. The summed E-state index contributed by atoms with van der Waals surface area (Å²) in [6.45, 7) is 1.06. The molecule has 110 valence electrons. The first-order valence-electron chi connectivity index (χ1n) is 6.87. The number of carbonyl (C=O) groups is 1. The molecule has 1 aromatic heterocycles. The molecule has 21 heavy (non-hydrogen) atoms. The summed E-state index contributed by atoms with van der Waals surface area (Å²) in [5.41, 5.74) is 5.99. The molecule has 0 saturated heterocycles. The number of hydrogen-bond donors (Lipinski definition) is 2. The van der Waals surface area contributed by atoms with Crippen LogP contribution >= 0.6 is 23.1 Å². The minimum Gasteiger partial charge on any atom is -0.349 e. The van der Waals surface area contributed by atoms with Crippen molar-refractivity contribution in [1.82, 2.24) is 10.3 Å². The highest BCUT2D eigenvalue weighted by atomic mass is 32.2. The smallest absolute Gasteiger partial charge is 0.270 e. The van der Waals surface area contributed by atoms with Crippen molar-refractivity contribution in [1.29, 1.82) is 0 Å². The number of amides is 1. The van der Waals surface area contributed by atoms with Crippen molar-refractivity contribution >= 4 is 29.0 Å². The minimum atomic E-state index is -0.106. The molecule has 1 amide bonds. The normalized spacial score (nSPS) is 15.7. The van der Waals surface area contributed by atoms with Gasteiger partial charge in [-0.05, 0) is 25.0 Å². The van der Waals surface area contributed by atoms with Crippen LogP contribution in [0, 0.1) is 0 Å². The van der Waals surface area contributed by atoms with E-state index in [1.807, 2.05) is 30.0 Å². The third-order valence-corrected chi connectivity index (χ3v) is 5.78. The molecular weight excluding hydrogens is 302 g/mol. The van der Waals surface area contributed by atoms with Crippen molar-refractivity contribution in [2.45, 2.75) is 29.0 Å². The van der Waals surface area contributed by atoms with Gasteiger partial charge < -0.3 is 11.1 Å². The Morgan fingerprint density at radius 1 is 1.38 bits per heavy atom. The number of benzene rings is 1. The number of nitrogens with two attached hydrogens (primary N) is 1. The van der Waals surface area contributed by atoms with Crippen molar-refractivity contribution in [2.24, 2.45) is 5.73 Å². The van der Waals surface area contributed by atoms with Crippen LogP contribution in [0.2, 0.25) is 0 Å². The van der Waals surface area contributed by atoms with Gasteiger partial charge in [-0.25, -0.2) is 4.98 Å². The van der Waals surface area contributed by atoms with Gasteiger partial charge in [0.15, 0.2) is 0 Å². The standard InChI is InChI=1S/C15H17N3OS2/c16-8-13-18-12(9-20-13)14(19)17-10-15(6-7-15)21-11-4-2-1-3-5-11/h1-5,9H,6-8,10,16H2,(H,17,19). The van der Waals surface area contributed by atoms with Gasteiger partial charge in [-0.2, -0.15) is 0 Å². The van der Waals surface area contributed by atoms with E-state index in [0.717, 1.165) is 17.8 Å². The summed E-state index contributed by atoms with van der Waals surface area (Å²) >= 11 is 3.28. The van der Waals surface area contributed by atoms with Gasteiger partial charge in [-0.15, -0.1) is 23.1 Å². The number of nitrogens with one attached hydrogen (secondary N) is 1. The summed E-state index contributed by atoms with van der Waals surface area (Å²) in [7, 11) is 0. The van der Waals surface area contributed by atoms with Gasteiger partial charge in [0.05, 0.1) is 0 Å². The first-order chi connectivity index (χ1) is 10.2. The number of nitrogens with zero attached hydrogens (tertiary/aromatic N) is 1. The topological polar surface area (TPSA) is 68.0 Å². The molecule has 0 spiro atoms. The van der Waals surface area contributed by atoms with E-state index in [9.17, 15) is 4.79 Å². The average Bonchev–Trinajstić information content (AvgIpc) is 3.10. The second kappa shape index (κ2) is 6.17. The van der Waals surface area contributed by atoms with Crippen molar-refractivity contribution in [3.05, 3.63) is 46.4 Å². The summed E-state index contributed by atoms with van der Waals surface area (Å²) in [5.74, 6) is -0.106. The van der Waals surface area contributed by atoms with Crippen LogP contribution in [-0.4, -0.2) is 22.2 Å². The summed E-state index contributed by atoms with van der Waals surface area (Å²) in [6.07, 6.45) is 2.27. The lowest BCUT2D eigenvalue weighted by Crippen LogP contribution is -2.32. The summed E-state index contributed by atoms with van der Waals surface area (Å²) in [4.78, 5) is 17.5. The number of carbonyl (C=O) groups excluding carboxylic acids is 1. The second-order valence-electron chi connectivity index (χ2n) is 5.11. The molecule has 3 rings (SSSR count). The zero-order valence-electron chi connectivity index (χ0n) is 11.5. The molecule has 0 aliphatic heterocycles. The van der Waals surface area contributed by atoms with E-state index in [0.29, 0.717) is 18.8 Å². The molecule has 0 unspecified atom stereocenters. The maximum absolute atomic E-state index is 12.1. The Labute approximate surface area is 132 Å². The van der Waals surface area contributed by atoms with Crippen LogP contribution < -0.4 is 11.1 Å². The fraction of sp³-hybridized carbons (Fsp3) is 0.333. The molecule has 2 aromatic rings. The van der Waals surface area contributed by atoms with Crippen molar-refractivity contribution in [3.8, 4) is 0 Å². The van der Waals surface area contributed by atoms with Gasteiger partial charge in [0.1, 0.15) is 10.7 Å². The van der Waals surface area contributed by atoms with Gasteiger partial charge in [0.25, 0.3) is 5.91 Å². The highest BCUT2D eigenvalue weighted by Gasteiger charge is 2.44. The van der Waals surface area contributed by atoms with Crippen molar-refractivity contribution in [3.63, 3.8) is 0 Å². The predicted octanol–water partition coefficient (Wildman–Crippen LogP) is 2.66. The minimum absolute atomic E-state index is 0.106. The van der Waals surface area contributed by atoms with Crippen LogP contribution in [-0.2, 0) is 6.54 Å². The van der Waals surface area contributed by atoms with Gasteiger partial charge >= 0.3 is 0 Å². The zero-order valence-corrected chi connectivity index (χ0v) is 13.2. The molecule has 0 radical (unpaired) electrons. The number of thioether (sulfide) groups is 1. The molecular formula is C15H17N3OS2. The average molecular weight is 319 g/mol. The monoisotopic (exact) mass is 319 g/mol. The quantitative estimate of drug-likeness (QED) is 0.859. The first-order valence-corrected chi connectivity index (χ1v) is 8.57. The molecule has 4 nitrogen and oxygen atoms in total. The third-order valence-electron chi connectivity index (χ3n) is 3.42.